The standard InChI is InChI=1S/C15H30Si/c1-2-3-4-5-6-7-11-14-16-15-12-9-8-10-13-15/h8H,2-7,9-14,16H2,1H3. The fraction of sp³-hybridized carbons (Fsp3) is 0.867. The quantitative estimate of drug-likeness (QED) is 0.406. The van der Waals surface area contributed by atoms with Crippen molar-refractivity contribution < 1.29 is 0 Å². The van der Waals surface area contributed by atoms with Gasteiger partial charge in [0.2, 0.25) is 0 Å². The second-order valence-electron chi connectivity index (χ2n) is 5.34. The smallest absolute Gasteiger partial charge is 0.0274 e. The van der Waals surface area contributed by atoms with Gasteiger partial charge < -0.3 is 0 Å². The van der Waals surface area contributed by atoms with E-state index < -0.39 is 0 Å². The highest BCUT2D eigenvalue weighted by atomic mass is 28.2. The molecule has 1 fully saturated rings. The predicted octanol–water partition coefficient (Wildman–Crippen LogP) is 4.63. The Balaban J connectivity index is 1.77. The van der Waals surface area contributed by atoms with Gasteiger partial charge in [-0.05, 0) is 24.8 Å². The Bertz CT molecular complexity index is 138. The first kappa shape index (κ1) is 14.3. The van der Waals surface area contributed by atoms with Crippen LogP contribution in [0.2, 0.25) is 6.04 Å². The lowest BCUT2D eigenvalue weighted by atomic mass is 10.0. The summed E-state index contributed by atoms with van der Waals surface area (Å²) in [5, 5.41) is 0. The van der Waals surface area contributed by atoms with E-state index in [1.807, 2.05) is 5.54 Å². The van der Waals surface area contributed by atoms with Crippen molar-refractivity contribution in [1.82, 2.24) is 0 Å². The summed E-state index contributed by atoms with van der Waals surface area (Å²) in [4.78, 5) is 0. The number of unbranched alkanes of at least 4 members (excludes halogenated alkanes) is 6. The normalized spacial score (nSPS) is 18.6. The van der Waals surface area contributed by atoms with Crippen LogP contribution >= 0.6 is 0 Å². The van der Waals surface area contributed by atoms with Gasteiger partial charge in [0.05, 0.1) is 0 Å². The molecule has 0 amide bonds. The maximum atomic E-state index is 2.48. The fourth-order valence-electron chi connectivity index (χ4n) is 2.64. The lowest BCUT2D eigenvalue weighted by Gasteiger charge is -2.20. The highest BCUT2D eigenvalue weighted by molar-refractivity contribution is 6.43. The minimum absolute atomic E-state index is 0.218. The summed E-state index contributed by atoms with van der Waals surface area (Å²) in [6.45, 7) is 2.30. The molecule has 0 aromatic rings. The van der Waals surface area contributed by atoms with Crippen LogP contribution in [0.3, 0.4) is 0 Å². The molecule has 0 unspecified atom stereocenters. The second-order valence-corrected chi connectivity index (χ2v) is 7.55. The lowest BCUT2D eigenvalue weighted by Crippen LogP contribution is -2.11. The lowest BCUT2D eigenvalue weighted by molar-refractivity contribution is 0.600. The monoisotopic (exact) mass is 238 g/mol. The first-order valence-corrected chi connectivity index (χ1v) is 9.29. The molecule has 0 saturated heterocycles. The molecular weight excluding hydrogens is 208 g/mol. The Kier molecular flexibility index (Phi) is 9.26. The number of rotatable bonds is 9. The van der Waals surface area contributed by atoms with Gasteiger partial charge in [-0.25, -0.2) is 0 Å². The third-order valence-corrected chi connectivity index (χ3v) is 6.06. The van der Waals surface area contributed by atoms with E-state index >= 15 is 0 Å². The van der Waals surface area contributed by atoms with Crippen LogP contribution in [0, 0.1) is 12.0 Å². The largest absolute Gasteiger partial charge is 0.0654 e. The molecule has 0 aromatic heterocycles. The van der Waals surface area contributed by atoms with E-state index in [0.29, 0.717) is 0 Å². The molecular formula is C15H30Si. The van der Waals surface area contributed by atoms with Gasteiger partial charge >= 0.3 is 0 Å². The van der Waals surface area contributed by atoms with Gasteiger partial charge in [0, 0.05) is 9.52 Å². The Labute approximate surface area is 105 Å². The summed E-state index contributed by atoms with van der Waals surface area (Å²) >= 11 is 0. The van der Waals surface area contributed by atoms with E-state index in [1.165, 1.54) is 70.6 Å². The molecule has 1 rings (SSSR count). The van der Waals surface area contributed by atoms with Crippen LogP contribution in [-0.4, -0.2) is 9.52 Å². The molecule has 0 aliphatic heterocycles. The molecule has 0 spiro atoms. The zero-order valence-electron chi connectivity index (χ0n) is 11.3. The molecule has 2 radical (unpaired) electrons. The van der Waals surface area contributed by atoms with Crippen molar-refractivity contribution in [2.45, 2.75) is 83.6 Å². The van der Waals surface area contributed by atoms with Crippen molar-refractivity contribution >= 4 is 9.52 Å². The van der Waals surface area contributed by atoms with Crippen molar-refractivity contribution in [3.8, 4) is 0 Å². The van der Waals surface area contributed by atoms with Crippen LogP contribution < -0.4 is 0 Å². The molecule has 0 N–H and O–H groups in total. The summed E-state index contributed by atoms with van der Waals surface area (Å²) in [5.41, 5.74) is 1.99. The van der Waals surface area contributed by atoms with Crippen molar-refractivity contribution in [3.05, 3.63) is 12.0 Å². The fourth-order valence-corrected chi connectivity index (χ4v) is 4.65. The summed E-state index contributed by atoms with van der Waals surface area (Å²) < 4.78 is 0. The molecule has 1 heteroatoms. The number of hydrogen-bond donors (Lipinski definition) is 0. The van der Waals surface area contributed by atoms with Crippen LogP contribution in [0.1, 0.15) is 77.6 Å². The van der Waals surface area contributed by atoms with Gasteiger partial charge in [0.15, 0.2) is 0 Å². The maximum Gasteiger partial charge on any atom is 0.0274 e. The van der Waals surface area contributed by atoms with Crippen molar-refractivity contribution in [1.29, 1.82) is 0 Å². The average Bonchev–Trinajstić information content (AvgIpc) is 2.34. The van der Waals surface area contributed by atoms with E-state index in [2.05, 4.69) is 13.3 Å². The van der Waals surface area contributed by atoms with Gasteiger partial charge in [-0.1, -0.05) is 70.8 Å². The molecule has 1 aliphatic rings. The molecule has 0 nitrogen and oxygen atoms in total. The van der Waals surface area contributed by atoms with Crippen molar-refractivity contribution in [2.24, 2.45) is 0 Å². The van der Waals surface area contributed by atoms with Crippen LogP contribution in [0.15, 0.2) is 0 Å². The van der Waals surface area contributed by atoms with E-state index in [0.717, 1.165) is 0 Å². The summed E-state index contributed by atoms with van der Waals surface area (Å²) in [5.74, 6) is 0. The average molecular weight is 238 g/mol. The van der Waals surface area contributed by atoms with Crippen LogP contribution in [0.4, 0.5) is 0 Å². The highest BCUT2D eigenvalue weighted by Gasteiger charge is 2.13. The van der Waals surface area contributed by atoms with Crippen LogP contribution in [0.25, 0.3) is 0 Å². The summed E-state index contributed by atoms with van der Waals surface area (Å²) in [7, 11) is 0.218. The summed E-state index contributed by atoms with van der Waals surface area (Å²) in [6.07, 6.45) is 18.5. The highest BCUT2D eigenvalue weighted by Crippen LogP contribution is 2.25. The maximum absolute atomic E-state index is 2.48. The van der Waals surface area contributed by atoms with E-state index in [1.54, 1.807) is 6.04 Å². The molecule has 0 aromatic carbocycles. The first-order chi connectivity index (χ1) is 7.93. The molecule has 94 valence electrons. The van der Waals surface area contributed by atoms with Gasteiger partial charge in [0.1, 0.15) is 0 Å². The molecule has 0 bridgehead atoms. The minimum atomic E-state index is 0.218. The Hall–Kier alpha value is 0.217. The third-order valence-electron chi connectivity index (χ3n) is 3.79. The molecule has 16 heavy (non-hydrogen) atoms. The van der Waals surface area contributed by atoms with Crippen molar-refractivity contribution in [2.75, 3.05) is 0 Å². The summed E-state index contributed by atoms with van der Waals surface area (Å²) in [6, 6.07) is 1.60. The molecule has 1 saturated carbocycles. The van der Waals surface area contributed by atoms with Crippen LogP contribution in [0.5, 0.6) is 0 Å². The first-order valence-electron chi connectivity index (χ1n) is 7.58. The Morgan fingerprint density at radius 1 is 0.938 bits per heavy atom. The zero-order chi connectivity index (χ0) is 11.5. The van der Waals surface area contributed by atoms with Gasteiger partial charge in [-0.3, -0.25) is 0 Å². The Morgan fingerprint density at radius 2 is 1.56 bits per heavy atom. The van der Waals surface area contributed by atoms with Gasteiger partial charge in [0.25, 0.3) is 0 Å². The van der Waals surface area contributed by atoms with Crippen LogP contribution in [-0.2, 0) is 0 Å². The molecule has 0 atom stereocenters. The number of hydrogen-bond acceptors (Lipinski definition) is 0. The topological polar surface area (TPSA) is 0 Å². The second kappa shape index (κ2) is 10.4. The Morgan fingerprint density at radius 3 is 2.25 bits per heavy atom. The minimum Gasteiger partial charge on any atom is -0.0654 e. The molecule has 1 aliphatic carbocycles. The van der Waals surface area contributed by atoms with E-state index in [-0.39, 0.29) is 9.52 Å². The zero-order valence-corrected chi connectivity index (χ0v) is 12.7. The van der Waals surface area contributed by atoms with Gasteiger partial charge in [-0.2, -0.15) is 0 Å². The van der Waals surface area contributed by atoms with E-state index in [4.69, 9.17) is 0 Å². The predicted molar refractivity (Wildman–Crippen MR) is 77.4 cm³/mol. The molecule has 0 heterocycles. The SMILES string of the molecule is CCCCCCCCC[SiH2][C]1CC[CH]CC1. The van der Waals surface area contributed by atoms with E-state index in [9.17, 15) is 0 Å². The van der Waals surface area contributed by atoms with Crippen molar-refractivity contribution in [3.63, 3.8) is 0 Å². The van der Waals surface area contributed by atoms with Gasteiger partial charge in [-0.15, -0.1) is 0 Å². The third kappa shape index (κ3) is 7.48.